The van der Waals surface area contributed by atoms with Crippen molar-refractivity contribution in [1.29, 1.82) is 0 Å². The van der Waals surface area contributed by atoms with Crippen LogP contribution in [-0.4, -0.2) is 48.7 Å². The van der Waals surface area contributed by atoms with Crippen molar-refractivity contribution in [3.05, 3.63) is 0 Å². The summed E-state index contributed by atoms with van der Waals surface area (Å²) in [5, 5.41) is 0. The average Bonchev–Trinajstić information content (AvgIpc) is 0.722. The Morgan fingerprint density at radius 2 is 0.750 bits per heavy atom. The van der Waals surface area contributed by atoms with Gasteiger partial charge in [0.25, 0.3) is 0 Å². The van der Waals surface area contributed by atoms with Gasteiger partial charge in [-0.3, -0.25) is 0 Å². The van der Waals surface area contributed by atoms with E-state index in [1.165, 1.54) is 0 Å². The summed E-state index contributed by atoms with van der Waals surface area (Å²) < 4.78 is 0. The van der Waals surface area contributed by atoms with Gasteiger partial charge in [0, 0.05) is 23.9 Å². The van der Waals surface area contributed by atoms with Crippen LogP contribution >= 0.6 is 35.7 Å². The second-order valence-electron chi connectivity index (χ2n) is 0.429. The fourth-order valence-corrected chi connectivity index (χ4v) is 0. The van der Waals surface area contributed by atoms with E-state index in [4.69, 9.17) is 35.7 Å². The van der Waals surface area contributed by atoms with Crippen LogP contribution in [0, 0.1) is 0 Å². The first-order chi connectivity index (χ1) is 2.00. The van der Waals surface area contributed by atoms with Gasteiger partial charge in [-0.1, -0.05) is 0 Å². The summed E-state index contributed by atoms with van der Waals surface area (Å²) in [6.07, 6.45) is 0. The SMILES string of the molecule is O.O.[Cl][Sn]([Cl])([Cl])[Cl].[Sn]. The van der Waals surface area contributed by atoms with Gasteiger partial charge in [-0.25, -0.2) is 0 Å². The first-order valence-corrected chi connectivity index (χ1v) is 15.2. The predicted molar refractivity (Wildman–Crippen MR) is 42.1 cm³/mol. The zero-order valence-electron chi connectivity index (χ0n) is 3.51. The van der Waals surface area contributed by atoms with Crippen LogP contribution < -0.4 is 0 Å². The zero-order chi connectivity index (χ0) is 4.50. The Kier molecular flexibility index (Phi) is 27.1. The Labute approximate surface area is 83.1 Å². The first-order valence-electron chi connectivity index (χ1n) is 0.756. The van der Waals surface area contributed by atoms with Gasteiger partial charge in [0.15, 0.2) is 0 Å². The van der Waals surface area contributed by atoms with Gasteiger partial charge in [0.05, 0.1) is 0 Å². The second kappa shape index (κ2) is 9.68. The fourth-order valence-electron chi connectivity index (χ4n) is 0. The van der Waals surface area contributed by atoms with E-state index in [0.29, 0.717) is 0 Å². The maximum Gasteiger partial charge on any atom is 0 e. The van der Waals surface area contributed by atoms with Crippen LogP contribution in [-0.2, 0) is 0 Å². The number of hydrogen-bond donors (Lipinski definition) is 0. The smallest absolute Gasteiger partial charge is 0 e. The molecule has 0 bridgehead atoms. The molecule has 0 aliphatic rings. The van der Waals surface area contributed by atoms with Gasteiger partial charge in [0.1, 0.15) is 0 Å². The third kappa shape index (κ3) is 71.3. The Bertz CT molecular complexity index is 27.5. The molecule has 0 saturated heterocycles. The third-order valence-electron chi connectivity index (χ3n) is 0. The van der Waals surface area contributed by atoms with Crippen LogP contribution in [0.2, 0.25) is 0 Å². The Morgan fingerprint density at radius 3 is 0.750 bits per heavy atom. The number of hydrogen-bond acceptors (Lipinski definition) is 0. The quantitative estimate of drug-likeness (QED) is 0.513. The standard InChI is InChI=1S/4ClH.2H2O.2Sn/h4*1H;2*1H2;;/q;;;;;;;+4/p-4. The molecule has 0 aromatic heterocycles. The van der Waals surface area contributed by atoms with E-state index >= 15 is 0 Å². The Balaban J connectivity index is -0.0000000267. The molecule has 2 nitrogen and oxygen atoms in total. The van der Waals surface area contributed by atoms with Crippen molar-refractivity contribution in [1.82, 2.24) is 0 Å². The van der Waals surface area contributed by atoms with Crippen molar-refractivity contribution >= 4 is 73.5 Å². The summed E-state index contributed by atoms with van der Waals surface area (Å²) in [5.74, 6) is 0. The summed E-state index contributed by atoms with van der Waals surface area (Å²) in [4.78, 5) is 0. The molecule has 0 saturated carbocycles. The molecule has 4 radical (unpaired) electrons. The topological polar surface area (TPSA) is 63.0 Å². The van der Waals surface area contributed by atoms with E-state index in [0.717, 1.165) is 0 Å². The molecule has 0 atom stereocenters. The maximum atomic E-state index is 5.04. The monoisotopic (exact) mass is 416 g/mol. The van der Waals surface area contributed by atoms with Crippen LogP contribution in [0.1, 0.15) is 0 Å². The predicted octanol–water partition coefficient (Wildman–Crippen LogP) is 0.347. The Hall–Kier alpha value is 2.68. The minimum absolute atomic E-state index is 0. The largest absolute Gasteiger partial charge is 0 e. The van der Waals surface area contributed by atoms with E-state index in [1.54, 1.807) is 0 Å². The van der Waals surface area contributed by atoms with Gasteiger partial charge in [0.2, 0.25) is 0 Å². The van der Waals surface area contributed by atoms with Gasteiger partial charge >= 0.3 is 49.6 Å². The van der Waals surface area contributed by atoms with E-state index in [1.807, 2.05) is 0 Å². The summed E-state index contributed by atoms with van der Waals surface area (Å²) >= 11 is -3.29. The van der Waals surface area contributed by atoms with Crippen molar-refractivity contribution in [3.8, 4) is 0 Å². The fraction of sp³-hybridized carbons (Fsp3) is 0. The van der Waals surface area contributed by atoms with Crippen LogP contribution in [0.15, 0.2) is 0 Å². The first kappa shape index (κ1) is 22.4. The summed E-state index contributed by atoms with van der Waals surface area (Å²) in [6.45, 7) is 0. The summed E-state index contributed by atoms with van der Waals surface area (Å²) in [6, 6.07) is 0. The molecule has 0 unspecified atom stereocenters. The summed E-state index contributed by atoms with van der Waals surface area (Å²) in [7, 11) is 20.1. The molecule has 0 spiro atoms. The molecule has 4 N–H and O–H groups in total. The van der Waals surface area contributed by atoms with Gasteiger partial charge in [-0.2, -0.15) is 0 Å². The molecular formula is H4Cl4O2Sn2. The van der Waals surface area contributed by atoms with Crippen molar-refractivity contribution < 1.29 is 11.0 Å². The zero-order valence-corrected chi connectivity index (χ0v) is 12.2. The molecular weight excluding hydrogens is 411 g/mol. The van der Waals surface area contributed by atoms with E-state index < -0.39 is 13.9 Å². The van der Waals surface area contributed by atoms with E-state index in [9.17, 15) is 0 Å². The molecule has 0 rings (SSSR count). The minimum Gasteiger partial charge on any atom is 0 e. The molecule has 0 aromatic rings. The number of rotatable bonds is 0. The second-order valence-corrected chi connectivity index (χ2v) is 25.9. The molecule has 0 aromatic carbocycles. The van der Waals surface area contributed by atoms with Crippen LogP contribution in [0.3, 0.4) is 0 Å². The molecule has 52 valence electrons. The van der Waals surface area contributed by atoms with Crippen molar-refractivity contribution in [3.63, 3.8) is 0 Å². The third-order valence-corrected chi connectivity index (χ3v) is 0. The van der Waals surface area contributed by atoms with Gasteiger partial charge in [-0.05, 0) is 0 Å². The van der Waals surface area contributed by atoms with E-state index in [-0.39, 0.29) is 34.9 Å². The maximum absolute atomic E-state index is 5.04. The summed E-state index contributed by atoms with van der Waals surface area (Å²) in [5.41, 5.74) is 0. The van der Waals surface area contributed by atoms with E-state index in [2.05, 4.69) is 0 Å². The van der Waals surface area contributed by atoms with Gasteiger partial charge < -0.3 is 11.0 Å². The average molecular weight is 415 g/mol. The molecule has 8 heteroatoms. The number of halogens is 4. The van der Waals surface area contributed by atoms with Crippen molar-refractivity contribution in [2.75, 3.05) is 0 Å². The minimum atomic E-state index is -3.29. The van der Waals surface area contributed by atoms with Gasteiger partial charge in [-0.15, -0.1) is 0 Å². The molecule has 8 heavy (non-hydrogen) atoms. The Morgan fingerprint density at radius 1 is 0.750 bits per heavy atom. The van der Waals surface area contributed by atoms with Crippen molar-refractivity contribution in [2.45, 2.75) is 0 Å². The molecule has 0 aliphatic heterocycles. The van der Waals surface area contributed by atoms with Crippen molar-refractivity contribution in [2.24, 2.45) is 0 Å². The normalized spacial score (nSPS) is 7.50. The molecule has 0 heterocycles. The molecule has 0 aliphatic carbocycles. The van der Waals surface area contributed by atoms with Crippen LogP contribution in [0.4, 0.5) is 0 Å². The molecule has 0 fully saturated rings. The van der Waals surface area contributed by atoms with Crippen LogP contribution in [0.25, 0.3) is 0 Å². The van der Waals surface area contributed by atoms with Crippen LogP contribution in [0.5, 0.6) is 0 Å². The molecule has 0 amide bonds.